The molecule has 2 bridgehead atoms. The standard InChI is InChI=1S/C29H26F3N3O5S/c30-29(31,32)39-23-4-2-1-3-20(23)25-21(26(40-34-25)15-5-6-15)14-38-19-12-17-8-9-18(13-19)35(17)28-33-22-10-7-16(27(36)37)11-24(22)41-28/h1-4,7,10-11,15,17-19H,5-6,8-9,12-14H2,(H,36,37)/t17-,18-/m0/s1. The van der Waals surface area contributed by atoms with Crippen LogP contribution in [0.15, 0.2) is 47.0 Å². The Morgan fingerprint density at radius 2 is 1.85 bits per heavy atom. The van der Waals surface area contributed by atoms with Crippen molar-refractivity contribution in [1.29, 1.82) is 0 Å². The Balaban J connectivity index is 1.09. The Hall–Kier alpha value is -3.64. The number of anilines is 1. The fourth-order valence-corrected chi connectivity index (χ4v) is 7.30. The quantitative estimate of drug-likeness (QED) is 0.233. The Labute approximate surface area is 236 Å². The van der Waals surface area contributed by atoms with Gasteiger partial charge in [0.2, 0.25) is 0 Å². The summed E-state index contributed by atoms with van der Waals surface area (Å²) >= 11 is 1.51. The lowest BCUT2D eigenvalue weighted by atomic mass is 10.00. The van der Waals surface area contributed by atoms with E-state index in [2.05, 4.69) is 14.8 Å². The molecule has 0 spiro atoms. The van der Waals surface area contributed by atoms with Crippen LogP contribution in [0.5, 0.6) is 5.75 Å². The van der Waals surface area contributed by atoms with E-state index in [-0.39, 0.29) is 47.6 Å². The number of piperidine rings is 1. The molecular weight excluding hydrogens is 559 g/mol. The molecule has 7 rings (SSSR count). The fourth-order valence-electron chi connectivity index (χ4n) is 6.15. The molecule has 2 aromatic heterocycles. The fraction of sp³-hybridized carbons (Fsp3) is 0.414. The molecule has 1 aliphatic carbocycles. The van der Waals surface area contributed by atoms with E-state index in [4.69, 9.17) is 14.2 Å². The summed E-state index contributed by atoms with van der Waals surface area (Å²) in [7, 11) is 0. The number of carboxylic acids is 1. The van der Waals surface area contributed by atoms with Crippen LogP contribution < -0.4 is 9.64 Å². The Kier molecular flexibility index (Phi) is 6.42. The number of hydrogen-bond acceptors (Lipinski definition) is 8. The van der Waals surface area contributed by atoms with Crippen molar-refractivity contribution in [3.8, 4) is 17.0 Å². The summed E-state index contributed by atoms with van der Waals surface area (Å²) in [6.07, 6.45) is 0.629. The zero-order valence-electron chi connectivity index (χ0n) is 21.8. The van der Waals surface area contributed by atoms with E-state index in [1.165, 1.54) is 23.5 Å². The van der Waals surface area contributed by atoms with E-state index in [0.717, 1.165) is 53.9 Å². The third kappa shape index (κ3) is 5.14. The van der Waals surface area contributed by atoms with Gasteiger partial charge in [0, 0.05) is 29.1 Å². The van der Waals surface area contributed by atoms with Gasteiger partial charge in [-0.2, -0.15) is 0 Å². The number of carbonyl (C=O) groups is 1. The van der Waals surface area contributed by atoms with Gasteiger partial charge in [-0.1, -0.05) is 28.6 Å². The van der Waals surface area contributed by atoms with Crippen molar-refractivity contribution in [2.75, 3.05) is 4.90 Å². The molecule has 4 heterocycles. The molecule has 41 heavy (non-hydrogen) atoms. The highest BCUT2D eigenvalue weighted by Gasteiger charge is 2.43. The smallest absolute Gasteiger partial charge is 0.478 e. The Morgan fingerprint density at radius 1 is 1.10 bits per heavy atom. The van der Waals surface area contributed by atoms with Crippen molar-refractivity contribution >= 4 is 32.7 Å². The van der Waals surface area contributed by atoms with Crippen molar-refractivity contribution in [3.63, 3.8) is 0 Å². The van der Waals surface area contributed by atoms with E-state index in [0.29, 0.717) is 17.0 Å². The molecule has 2 aliphatic heterocycles. The maximum atomic E-state index is 13.1. The summed E-state index contributed by atoms with van der Waals surface area (Å²) in [6, 6.07) is 11.4. The molecule has 0 radical (unpaired) electrons. The molecule has 3 aliphatic rings. The first-order valence-corrected chi connectivity index (χ1v) is 14.4. The van der Waals surface area contributed by atoms with Gasteiger partial charge in [0.05, 0.1) is 28.5 Å². The van der Waals surface area contributed by atoms with Gasteiger partial charge in [0.15, 0.2) is 5.13 Å². The molecule has 8 nitrogen and oxygen atoms in total. The van der Waals surface area contributed by atoms with Crippen LogP contribution in [0, 0.1) is 0 Å². The molecule has 2 saturated heterocycles. The van der Waals surface area contributed by atoms with E-state index in [1.807, 2.05) is 0 Å². The average molecular weight is 586 g/mol. The van der Waals surface area contributed by atoms with Crippen molar-refractivity contribution in [2.24, 2.45) is 0 Å². The summed E-state index contributed by atoms with van der Waals surface area (Å²) in [5.74, 6) is -0.409. The van der Waals surface area contributed by atoms with Crippen LogP contribution in [0.2, 0.25) is 0 Å². The first kappa shape index (κ1) is 26.3. The van der Waals surface area contributed by atoms with Gasteiger partial charge in [-0.15, -0.1) is 13.2 Å². The number of alkyl halides is 3. The topological polar surface area (TPSA) is 97.9 Å². The second-order valence-corrected chi connectivity index (χ2v) is 11.9. The number of carboxylic acid groups (broad SMARTS) is 1. The van der Waals surface area contributed by atoms with Gasteiger partial charge in [0.1, 0.15) is 17.2 Å². The summed E-state index contributed by atoms with van der Waals surface area (Å²) in [5.41, 5.74) is 2.25. The number of nitrogens with zero attached hydrogens (tertiary/aromatic N) is 3. The van der Waals surface area contributed by atoms with E-state index < -0.39 is 12.3 Å². The Bertz CT molecular complexity index is 1600. The normalized spacial score (nSPS) is 22.4. The van der Waals surface area contributed by atoms with Gasteiger partial charge in [-0.05, 0) is 68.9 Å². The van der Waals surface area contributed by atoms with Crippen molar-refractivity contribution in [3.05, 3.63) is 59.4 Å². The number of fused-ring (bicyclic) bond motifs is 3. The van der Waals surface area contributed by atoms with Crippen LogP contribution in [0.3, 0.4) is 0 Å². The maximum Gasteiger partial charge on any atom is 0.573 e. The summed E-state index contributed by atoms with van der Waals surface area (Å²) < 4.78 is 56.5. The van der Waals surface area contributed by atoms with Crippen molar-refractivity contribution < 1.29 is 37.1 Å². The highest BCUT2D eigenvalue weighted by molar-refractivity contribution is 7.22. The highest BCUT2D eigenvalue weighted by atomic mass is 32.1. The van der Waals surface area contributed by atoms with E-state index >= 15 is 0 Å². The van der Waals surface area contributed by atoms with Gasteiger partial charge in [0.25, 0.3) is 0 Å². The zero-order valence-corrected chi connectivity index (χ0v) is 22.6. The number of thiazole rings is 1. The van der Waals surface area contributed by atoms with Gasteiger partial charge < -0.3 is 24.0 Å². The molecule has 4 aromatic rings. The predicted molar refractivity (Wildman–Crippen MR) is 144 cm³/mol. The number of ether oxygens (including phenoxy) is 2. The lowest BCUT2D eigenvalue weighted by Gasteiger charge is -2.38. The number of rotatable bonds is 8. The molecule has 214 valence electrons. The second kappa shape index (κ2) is 10.0. The minimum atomic E-state index is -4.83. The molecule has 1 saturated carbocycles. The van der Waals surface area contributed by atoms with Crippen molar-refractivity contribution in [2.45, 2.75) is 75.6 Å². The molecule has 0 unspecified atom stereocenters. The Morgan fingerprint density at radius 3 is 2.56 bits per heavy atom. The number of halogens is 3. The van der Waals surface area contributed by atoms with Crippen LogP contribution in [-0.2, 0) is 11.3 Å². The minimum absolute atomic E-state index is 0.0341. The van der Waals surface area contributed by atoms with Gasteiger partial charge in [-0.3, -0.25) is 0 Å². The summed E-state index contributed by atoms with van der Waals surface area (Å²) in [4.78, 5) is 18.5. The van der Waals surface area contributed by atoms with Gasteiger partial charge >= 0.3 is 12.3 Å². The molecule has 0 amide bonds. The highest BCUT2D eigenvalue weighted by Crippen LogP contribution is 2.47. The van der Waals surface area contributed by atoms with Crippen LogP contribution in [-0.4, -0.2) is 45.8 Å². The third-order valence-corrected chi connectivity index (χ3v) is 9.16. The largest absolute Gasteiger partial charge is 0.573 e. The SMILES string of the molecule is O=C(O)c1ccc2nc(N3[C@H]4CC[C@H]3CC(OCc3c(-c5ccccc5OC(F)(F)F)noc3C3CC3)C4)sc2c1. The van der Waals surface area contributed by atoms with Crippen molar-refractivity contribution in [1.82, 2.24) is 10.1 Å². The summed E-state index contributed by atoms with van der Waals surface area (Å²) in [5, 5.41) is 14.4. The molecule has 3 fully saturated rings. The maximum absolute atomic E-state index is 13.1. The lowest BCUT2D eigenvalue weighted by molar-refractivity contribution is -0.274. The lowest BCUT2D eigenvalue weighted by Crippen LogP contribution is -2.45. The molecule has 12 heteroatoms. The predicted octanol–water partition coefficient (Wildman–Crippen LogP) is 7.14. The van der Waals surface area contributed by atoms with Gasteiger partial charge in [-0.25, -0.2) is 9.78 Å². The average Bonchev–Trinajstić information content (AvgIpc) is 3.45. The molecule has 2 atom stereocenters. The molecule has 1 N–H and O–H groups in total. The monoisotopic (exact) mass is 585 g/mol. The first-order chi connectivity index (χ1) is 19.7. The van der Waals surface area contributed by atoms with Crippen LogP contribution in [0.4, 0.5) is 18.3 Å². The molecular formula is C29H26F3N3O5S. The number of hydrogen-bond donors (Lipinski definition) is 1. The van der Waals surface area contributed by atoms with E-state index in [1.54, 1.807) is 30.3 Å². The van der Waals surface area contributed by atoms with Crippen LogP contribution in [0.25, 0.3) is 21.5 Å². The second-order valence-electron chi connectivity index (χ2n) is 10.9. The van der Waals surface area contributed by atoms with E-state index in [9.17, 15) is 23.1 Å². The number of aromatic nitrogens is 2. The zero-order chi connectivity index (χ0) is 28.3. The number of aromatic carboxylic acids is 1. The third-order valence-electron chi connectivity index (χ3n) is 8.13. The minimum Gasteiger partial charge on any atom is -0.478 e. The first-order valence-electron chi connectivity index (χ1n) is 13.6. The summed E-state index contributed by atoms with van der Waals surface area (Å²) in [6.45, 7) is 0.189. The number of benzene rings is 2. The molecule has 2 aromatic carbocycles. The van der Waals surface area contributed by atoms with Crippen LogP contribution >= 0.6 is 11.3 Å². The van der Waals surface area contributed by atoms with Crippen LogP contribution in [0.1, 0.15) is 66.1 Å². The number of para-hydroxylation sites is 1.